The molecule has 2 unspecified atom stereocenters. The van der Waals surface area contributed by atoms with Crippen molar-refractivity contribution in [1.82, 2.24) is 4.90 Å². The lowest BCUT2D eigenvalue weighted by Crippen LogP contribution is -2.31. The van der Waals surface area contributed by atoms with Crippen LogP contribution in [0.3, 0.4) is 0 Å². The average Bonchev–Trinajstić information content (AvgIpc) is 3.38. The molecule has 0 aromatic heterocycles. The molecular formula is C22H25ClF2N2O2. The van der Waals surface area contributed by atoms with Gasteiger partial charge < -0.3 is 15.4 Å². The summed E-state index contributed by atoms with van der Waals surface area (Å²) in [6.45, 7) is -1.04. The first-order valence-corrected chi connectivity index (χ1v) is 9.66. The number of carbonyl (C=O) groups excluding carboxylic acids is 1. The minimum absolute atomic E-state index is 0. The van der Waals surface area contributed by atoms with E-state index in [9.17, 15) is 13.6 Å². The highest BCUT2D eigenvalue weighted by Crippen LogP contribution is 2.52. The Morgan fingerprint density at radius 3 is 2.45 bits per heavy atom. The number of carbonyl (C=O) groups is 1. The Labute approximate surface area is 175 Å². The van der Waals surface area contributed by atoms with E-state index in [-0.39, 0.29) is 47.7 Å². The van der Waals surface area contributed by atoms with E-state index in [1.807, 2.05) is 23.1 Å². The maximum Gasteiger partial charge on any atom is 0.387 e. The van der Waals surface area contributed by atoms with Gasteiger partial charge >= 0.3 is 6.61 Å². The second-order valence-corrected chi connectivity index (χ2v) is 7.62. The molecule has 156 valence electrons. The van der Waals surface area contributed by atoms with Gasteiger partial charge in [-0.1, -0.05) is 48.5 Å². The number of hydrogen-bond donors (Lipinski definition) is 1. The number of para-hydroxylation sites is 1. The van der Waals surface area contributed by atoms with Crippen LogP contribution in [-0.4, -0.2) is 37.1 Å². The van der Waals surface area contributed by atoms with Gasteiger partial charge in [0.15, 0.2) is 0 Å². The van der Waals surface area contributed by atoms with Crippen molar-refractivity contribution < 1.29 is 18.3 Å². The summed E-state index contributed by atoms with van der Waals surface area (Å²) < 4.78 is 30.0. The zero-order valence-electron chi connectivity index (χ0n) is 15.9. The van der Waals surface area contributed by atoms with E-state index < -0.39 is 6.61 Å². The molecule has 7 heteroatoms. The molecule has 4 nitrogen and oxygen atoms in total. The highest BCUT2D eigenvalue weighted by molar-refractivity contribution is 5.85. The fourth-order valence-corrected chi connectivity index (χ4v) is 4.40. The van der Waals surface area contributed by atoms with E-state index in [4.69, 9.17) is 5.73 Å². The van der Waals surface area contributed by atoms with Gasteiger partial charge in [0, 0.05) is 24.9 Å². The van der Waals surface area contributed by atoms with Crippen molar-refractivity contribution in [2.24, 2.45) is 17.6 Å². The molecule has 2 aliphatic rings. The Bertz CT molecular complexity index is 837. The normalized spacial score (nSPS) is 25.6. The minimum atomic E-state index is -2.87. The molecule has 0 bridgehead atoms. The third-order valence-electron chi connectivity index (χ3n) is 5.93. The van der Waals surface area contributed by atoms with Crippen LogP contribution in [0.15, 0.2) is 54.6 Å². The highest BCUT2D eigenvalue weighted by atomic mass is 35.5. The summed E-state index contributed by atoms with van der Waals surface area (Å²) in [6, 6.07) is 16.9. The first-order valence-electron chi connectivity index (χ1n) is 9.66. The van der Waals surface area contributed by atoms with Gasteiger partial charge in [0.05, 0.1) is 0 Å². The highest BCUT2D eigenvalue weighted by Gasteiger charge is 2.49. The van der Waals surface area contributed by atoms with Gasteiger partial charge in [-0.15, -0.1) is 12.4 Å². The van der Waals surface area contributed by atoms with Crippen LogP contribution in [0.2, 0.25) is 0 Å². The van der Waals surface area contributed by atoms with Gasteiger partial charge in [0.1, 0.15) is 5.75 Å². The van der Waals surface area contributed by atoms with E-state index in [1.165, 1.54) is 11.6 Å². The number of likely N-dealkylation sites (tertiary alicyclic amines) is 1. The summed E-state index contributed by atoms with van der Waals surface area (Å²) in [6.07, 6.45) is 0.669. The van der Waals surface area contributed by atoms with E-state index in [0.29, 0.717) is 31.6 Å². The number of halogens is 3. The van der Waals surface area contributed by atoms with Crippen LogP contribution in [0.1, 0.15) is 29.4 Å². The number of nitrogens with two attached hydrogens (primary N) is 1. The molecular weight excluding hydrogens is 398 g/mol. The van der Waals surface area contributed by atoms with Crippen LogP contribution < -0.4 is 10.5 Å². The molecule has 29 heavy (non-hydrogen) atoms. The van der Waals surface area contributed by atoms with Crippen LogP contribution in [0.4, 0.5) is 8.78 Å². The molecule has 1 aliphatic heterocycles. The standard InChI is InChI=1S/C22H24F2N2O2.ClH/c23-22(24)28-20-9-5-4-8-16(20)17-10-18(17)21(27)26-12-15(11-25)19(13-26)14-6-2-1-3-7-14;/h1-9,15,17-19,22H,10-13,25H2;1H/t15-,17?,18?,19+;/m1./s1. The van der Waals surface area contributed by atoms with Crippen LogP contribution in [0.25, 0.3) is 0 Å². The lowest BCUT2D eigenvalue weighted by atomic mass is 9.89. The quantitative estimate of drug-likeness (QED) is 0.765. The van der Waals surface area contributed by atoms with Crippen LogP contribution in [0, 0.1) is 11.8 Å². The van der Waals surface area contributed by atoms with Gasteiger partial charge in [0.2, 0.25) is 5.91 Å². The minimum Gasteiger partial charge on any atom is -0.435 e. The van der Waals surface area contributed by atoms with E-state index in [1.54, 1.807) is 18.2 Å². The number of benzene rings is 2. The van der Waals surface area contributed by atoms with Gasteiger partial charge in [-0.25, -0.2) is 0 Å². The van der Waals surface area contributed by atoms with E-state index in [2.05, 4.69) is 16.9 Å². The molecule has 1 amide bonds. The van der Waals surface area contributed by atoms with Crippen molar-refractivity contribution in [1.29, 1.82) is 0 Å². The van der Waals surface area contributed by atoms with Gasteiger partial charge in [-0.05, 0) is 42.0 Å². The molecule has 1 saturated heterocycles. The van der Waals surface area contributed by atoms with Crippen molar-refractivity contribution in [2.75, 3.05) is 19.6 Å². The predicted octanol–water partition coefficient (Wildman–Crippen LogP) is 4.01. The molecule has 1 saturated carbocycles. The Balaban J connectivity index is 0.00000240. The summed E-state index contributed by atoms with van der Waals surface area (Å²) >= 11 is 0. The van der Waals surface area contributed by atoms with Gasteiger partial charge in [0.25, 0.3) is 0 Å². The Kier molecular flexibility index (Phi) is 6.75. The number of amides is 1. The first-order chi connectivity index (χ1) is 13.6. The molecule has 1 heterocycles. The van der Waals surface area contributed by atoms with Crippen LogP contribution >= 0.6 is 12.4 Å². The molecule has 4 rings (SSSR count). The molecule has 0 spiro atoms. The van der Waals surface area contributed by atoms with Crippen molar-refractivity contribution in [3.05, 3.63) is 65.7 Å². The maximum atomic E-state index is 13.1. The summed E-state index contributed by atoms with van der Waals surface area (Å²) in [5.41, 5.74) is 7.87. The number of rotatable bonds is 6. The topological polar surface area (TPSA) is 55.6 Å². The van der Waals surface area contributed by atoms with Gasteiger partial charge in [-0.2, -0.15) is 8.78 Å². The molecule has 2 fully saturated rings. The Morgan fingerprint density at radius 1 is 1.07 bits per heavy atom. The largest absolute Gasteiger partial charge is 0.435 e. The lowest BCUT2D eigenvalue weighted by Gasteiger charge is -2.17. The zero-order chi connectivity index (χ0) is 19.7. The number of alkyl halides is 2. The molecule has 4 atom stereocenters. The predicted molar refractivity (Wildman–Crippen MR) is 109 cm³/mol. The third kappa shape index (κ3) is 4.54. The summed E-state index contributed by atoms with van der Waals surface area (Å²) in [4.78, 5) is 15.0. The number of nitrogens with zero attached hydrogens (tertiary/aromatic N) is 1. The van der Waals surface area contributed by atoms with Crippen molar-refractivity contribution in [3.8, 4) is 5.75 Å². The van der Waals surface area contributed by atoms with Crippen LogP contribution in [-0.2, 0) is 4.79 Å². The van der Waals surface area contributed by atoms with E-state index >= 15 is 0 Å². The third-order valence-corrected chi connectivity index (χ3v) is 5.93. The zero-order valence-corrected chi connectivity index (χ0v) is 16.7. The Hall–Kier alpha value is -2.18. The van der Waals surface area contributed by atoms with E-state index in [0.717, 1.165) is 0 Å². The smallest absolute Gasteiger partial charge is 0.387 e. The van der Waals surface area contributed by atoms with Gasteiger partial charge in [-0.3, -0.25) is 4.79 Å². The number of hydrogen-bond acceptors (Lipinski definition) is 3. The maximum absolute atomic E-state index is 13.1. The SMILES string of the molecule is Cl.NC[C@@H]1CN(C(=O)C2CC2c2ccccc2OC(F)F)C[C@H]1c1ccccc1. The summed E-state index contributed by atoms with van der Waals surface area (Å²) in [7, 11) is 0. The molecule has 1 aliphatic carbocycles. The fraction of sp³-hybridized carbons (Fsp3) is 0.409. The lowest BCUT2D eigenvalue weighted by molar-refractivity contribution is -0.131. The second-order valence-electron chi connectivity index (χ2n) is 7.62. The molecule has 2 aromatic carbocycles. The fourth-order valence-electron chi connectivity index (χ4n) is 4.40. The first kappa shape index (κ1) is 21.5. The summed E-state index contributed by atoms with van der Waals surface area (Å²) in [5.74, 6) is 0.500. The van der Waals surface area contributed by atoms with Crippen molar-refractivity contribution >= 4 is 18.3 Å². The molecule has 2 N–H and O–H groups in total. The average molecular weight is 423 g/mol. The van der Waals surface area contributed by atoms with Crippen molar-refractivity contribution in [2.45, 2.75) is 24.9 Å². The Morgan fingerprint density at radius 2 is 1.76 bits per heavy atom. The number of ether oxygens (including phenoxy) is 1. The summed E-state index contributed by atoms with van der Waals surface area (Å²) in [5, 5.41) is 0. The molecule has 2 aromatic rings. The van der Waals surface area contributed by atoms with Crippen LogP contribution in [0.5, 0.6) is 5.75 Å². The second kappa shape index (κ2) is 9.09. The van der Waals surface area contributed by atoms with Crippen molar-refractivity contribution in [3.63, 3.8) is 0 Å². The monoisotopic (exact) mass is 422 g/mol. The molecule has 0 radical (unpaired) electrons.